The average molecular weight is 368 g/mol. The van der Waals surface area contributed by atoms with Gasteiger partial charge in [0.15, 0.2) is 22.9 Å². The Morgan fingerprint density at radius 1 is 1.20 bits per heavy atom. The standard InChI is InChI=1S/C17H25N3O4S/c1-12-5-4-6-15(13(12)2)19-17(22)10-20(3)9-16(21)18-14-7-8-25(23,24)11-14/h4-6,14H,7-11H2,1-3H3,(H,18,21)(H,19,22)/p+1/t14-/m1/s1. The van der Waals surface area contributed by atoms with Crippen molar-refractivity contribution in [3.8, 4) is 0 Å². The van der Waals surface area contributed by atoms with Gasteiger partial charge in [-0.15, -0.1) is 0 Å². The lowest BCUT2D eigenvalue weighted by atomic mass is 10.1. The maximum atomic E-state index is 12.2. The van der Waals surface area contributed by atoms with Crippen LogP contribution in [-0.4, -0.2) is 57.9 Å². The van der Waals surface area contributed by atoms with E-state index in [4.69, 9.17) is 0 Å². The molecule has 2 rings (SSSR count). The monoisotopic (exact) mass is 368 g/mol. The maximum absolute atomic E-state index is 12.2. The number of nitrogens with one attached hydrogen (secondary N) is 3. The molecule has 1 fully saturated rings. The van der Waals surface area contributed by atoms with Gasteiger partial charge in [-0.1, -0.05) is 12.1 Å². The molecule has 2 atom stereocenters. The third-order valence-electron chi connectivity index (χ3n) is 4.40. The van der Waals surface area contributed by atoms with E-state index in [1.54, 1.807) is 7.05 Å². The molecule has 7 nitrogen and oxygen atoms in total. The van der Waals surface area contributed by atoms with Crippen LogP contribution in [0.2, 0.25) is 0 Å². The number of rotatable bonds is 6. The fourth-order valence-corrected chi connectivity index (χ4v) is 4.55. The Morgan fingerprint density at radius 3 is 2.52 bits per heavy atom. The third-order valence-corrected chi connectivity index (χ3v) is 6.17. The van der Waals surface area contributed by atoms with Crippen molar-refractivity contribution in [2.45, 2.75) is 26.3 Å². The van der Waals surface area contributed by atoms with Crippen LogP contribution in [0.25, 0.3) is 0 Å². The zero-order valence-corrected chi connectivity index (χ0v) is 15.7. The number of aryl methyl sites for hydroxylation is 1. The number of amides is 2. The first-order chi connectivity index (χ1) is 11.7. The molecule has 8 heteroatoms. The second-order valence-corrected chi connectivity index (χ2v) is 9.00. The number of hydrogen-bond donors (Lipinski definition) is 3. The van der Waals surface area contributed by atoms with E-state index in [2.05, 4.69) is 10.6 Å². The molecule has 1 aliphatic rings. The Morgan fingerprint density at radius 2 is 1.88 bits per heavy atom. The van der Waals surface area contributed by atoms with Crippen molar-refractivity contribution in [3.63, 3.8) is 0 Å². The molecular formula is C17H26N3O4S+. The molecule has 1 aliphatic heterocycles. The number of carbonyl (C=O) groups excluding carboxylic acids is 2. The highest BCUT2D eigenvalue weighted by Crippen LogP contribution is 2.17. The summed E-state index contributed by atoms with van der Waals surface area (Å²) in [7, 11) is -1.26. The fraction of sp³-hybridized carbons (Fsp3) is 0.529. The number of sulfone groups is 1. The fourth-order valence-electron chi connectivity index (χ4n) is 2.88. The molecule has 0 radical (unpaired) electrons. The van der Waals surface area contributed by atoms with Crippen molar-refractivity contribution in [2.75, 3.05) is 37.0 Å². The first-order valence-corrected chi connectivity index (χ1v) is 10.2. The molecule has 0 spiro atoms. The van der Waals surface area contributed by atoms with E-state index in [9.17, 15) is 18.0 Å². The predicted molar refractivity (Wildman–Crippen MR) is 96.4 cm³/mol. The van der Waals surface area contributed by atoms with E-state index in [1.807, 2.05) is 32.0 Å². The van der Waals surface area contributed by atoms with Gasteiger partial charge in [-0.2, -0.15) is 0 Å². The van der Waals surface area contributed by atoms with E-state index < -0.39 is 9.84 Å². The molecule has 0 saturated carbocycles. The van der Waals surface area contributed by atoms with Gasteiger partial charge in [-0.25, -0.2) is 8.42 Å². The zero-order chi connectivity index (χ0) is 18.6. The van der Waals surface area contributed by atoms with Crippen LogP contribution in [-0.2, 0) is 19.4 Å². The van der Waals surface area contributed by atoms with Crippen LogP contribution in [0.5, 0.6) is 0 Å². The molecule has 2 amide bonds. The molecule has 1 aromatic rings. The highest BCUT2D eigenvalue weighted by Gasteiger charge is 2.29. The Hall–Kier alpha value is -1.93. The SMILES string of the molecule is Cc1cccc(NC(=O)C[NH+](C)CC(=O)N[C@@H]2CCS(=O)(=O)C2)c1C. The van der Waals surface area contributed by atoms with Crippen LogP contribution in [0.1, 0.15) is 17.5 Å². The minimum absolute atomic E-state index is 0.00487. The number of carbonyl (C=O) groups is 2. The van der Waals surface area contributed by atoms with E-state index in [-0.39, 0.29) is 42.5 Å². The van der Waals surface area contributed by atoms with Crippen molar-refractivity contribution in [3.05, 3.63) is 29.3 Å². The number of benzene rings is 1. The summed E-state index contributed by atoms with van der Waals surface area (Å²) in [6.07, 6.45) is 0.459. The largest absolute Gasteiger partial charge is 0.347 e. The maximum Gasteiger partial charge on any atom is 0.279 e. The Kier molecular flexibility index (Phi) is 6.18. The summed E-state index contributed by atoms with van der Waals surface area (Å²) in [5, 5.41) is 5.60. The molecular weight excluding hydrogens is 342 g/mol. The minimum atomic E-state index is -3.02. The lowest BCUT2D eigenvalue weighted by Gasteiger charge is -2.16. The molecule has 25 heavy (non-hydrogen) atoms. The lowest BCUT2D eigenvalue weighted by Crippen LogP contribution is -3.11. The van der Waals surface area contributed by atoms with Gasteiger partial charge in [-0.05, 0) is 37.5 Å². The molecule has 1 unspecified atom stereocenters. The molecule has 3 N–H and O–H groups in total. The molecule has 1 aromatic carbocycles. The van der Waals surface area contributed by atoms with Crippen LogP contribution < -0.4 is 15.5 Å². The highest BCUT2D eigenvalue weighted by molar-refractivity contribution is 7.91. The summed E-state index contributed by atoms with van der Waals surface area (Å²) in [4.78, 5) is 24.9. The van der Waals surface area contributed by atoms with Gasteiger partial charge < -0.3 is 15.5 Å². The predicted octanol–water partition coefficient (Wildman–Crippen LogP) is -0.940. The Balaban J connectivity index is 1.79. The van der Waals surface area contributed by atoms with Crippen molar-refractivity contribution in [1.29, 1.82) is 0 Å². The van der Waals surface area contributed by atoms with Crippen molar-refractivity contribution < 1.29 is 22.9 Å². The van der Waals surface area contributed by atoms with E-state index in [1.165, 1.54) is 0 Å². The molecule has 1 heterocycles. The van der Waals surface area contributed by atoms with Gasteiger partial charge in [0, 0.05) is 11.7 Å². The van der Waals surface area contributed by atoms with Gasteiger partial charge in [0.2, 0.25) is 0 Å². The Bertz CT molecular complexity index is 761. The minimum Gasteiger partial charge on any atom is -0.347 e. The summed E-state index contributed by atoms with van der Waals surface area (Å²) in [6.45, 7) is 4.21. The number of quaternary nitrogens is 1. The smallest absolute Gasteiger partial charge is 0.279 e. The number of anilines is 1. The number of hydrogen-bond acceptors (Lipinski definition) is 4. The first-order valence-electron chi connectivity index (χ1n) is 8.33. The van der Waals surface area contributed by atoms with Crippen LogP contribution >= 0.6 is 0 Å². The van der Waals surface area contributed by atoms with Gasteiger partial charge in [-0.3, -0.25) is 9.59 Å². The third kappa shape index (κ3) is 5.82. The number of likely N-dealkylation sites (N-methyl/N-ethyl adjacent to an activating group) is 1. The highest BCUT2D eigenvalue weighted by atomic mass is 32.2. The van der Waals surface area contributed by atoms with Crippen molar-refractivity contribution in [1.82, 2.24) is 5.32 Å². The van der Waals surface area contributed by atoms with Gasteiger partial charge in [0.25, 0.3) is 11.8 Å². The molecule has 138 valence electrons. The van der Waals surface area contributed by atoms with Crippen LogP contribution in [0.3, 0.4) is 0 Å². The van der Waals surface area contributed by atoms with Crippen molar-refractivity contribution in [2.24, 2.45) is 0 Å². The molecule has 0 aromatic heterocycles. The van der Waals surface area contributed by atoms with Crippen LogP contribution in [0.15, 0.2) is 18.2 Å². The summed E-state index contributed by atoms with van der Waals surface area (Å²) in [5.74, 6) is -0.273. The van der Waals surface area contributed by atoms with Crippen LogP contribution in [0, 0.1) is 13.8 Å². The van der Waals surface area contributed by atoms with E-state index >= 15 is 0 Å². The van der Waals surface area contributed by atoms with E-state index in [0.717, 1.165) is 21.7 Å². The van der Waals surface area contributed by atoms with Crippen molar-refractivity contribution >= 4 is 27.3 Å². The molecule has 0 aliphatic carbocycles. The summed E-state index contributed by atoms with van der Waals surface area (Å²) >= 11 is 0. The second kappa shape index (κ2) is 7.97. The quantitative estimate of drug-likeness (QED) is 0.604. The summed E-state index contributed by atoms with van der Waals surface area (Å²) in [5.41, 5.74) is 2.90. The molecule has 1 saturated heterocycles. The summed E-state index contributed by atoms with van der Waals surface area (Å²) in [6, 6.07) is 5.41. The average Bonchev–Trinajstić information content (AvgIpc) is 2.82. The Labute approximate surface area is 148 Å². The topological polar surface area (TPSA) is 96.8 Å². The van der Waals surface area contributed by atoms with Crippen LogP contribution in [0.4, 0.5) is 5.69 Å². The second-order valence-electron chi connectivity index (χ2n) is 6.77. The lowest BCUT2D eigenvalue weighted by molar-refractivity contribution is -0.862. The first kappa shape index (κ1) is 19.4. The molecule has 0 bridgehead atoms. The van der Waals surface area contributed by atoms with Gasteiger partial charge in [0.1, 0.15) is 0 Å². The van der Waals surface area contributed by atoms with Gasteiger partial charge >= 0.3 is 0 Å². The van der Waals surface area contributed by atoms with E-state index in [0.29, 0.717) is 6.42 Å². The summed E-state index contributed by atoms with van der Waals surface area (Å²) < 4.78 is 22.8. The normalized spacial score (nSPS) is 20.0. The van der Waals surface area contributed by atoms with Gasteiger partial charge in [0.05, 0.1) is 18.6 Å². The zero-order valence-electron chi connectivity index (χ0n) is 14.9.